The van der Waals surface area contributed by atoms with Crippen LogP contribution in [0.5, 0.6) is 0 Å². The zero-order valence-electron chi connectivity index (χ0n) is 13.7. The molecule has 22 heavy (non-hydrogen) atoms. The molecule has 0 saturated heterocycles. The molecule has 0 fully saturated rings. The van der Waals surface area contributed by atoms with Crippen molar-refractivity contribution >= 4 is 17.9 Å². The first-order valence-electron chi connectivity index (χ1n) is 7.82. The Kier molecular flexibility index (Phi) is 11.8. The molecule has 0 atom stereocenters. The summed E-state index contributed by atoms with van der Waals surface area (Å²) >= 11 is 0. The third kappa shape index (κ3) is 9.15. The average molecular weight is 314 g/mol. The molecule has 0 aliphatic rings. The van der Waals surface area contributed by atoms with Gasteiger partial charge in [-0.05, 0) is 32.8 Å². The fourth-order valence-corrected chi connectivity index (χ4v) is 1.68. The Labute approximate surface area is 131 Å². The van der Waals surface area contributed by atoms with Crippen LogP contribution in [0, 0.1) is 0 Å². The zero-order chi connectivity index (χ0) is 16.8. The minimum atomic E-state index is -1.22. The third-order valence-electron chi connectivity index (χ3n) is 2.76. The maximum atomic E-state index is 11.7. The van der Waals surface area contributed by atoms with E-state index >= 15 is 0 Å². The van der Waals surface area contributed by atoms with Gasteiger partial charge in [0.25, 0.3) is 0 Å². The summed E-state index contributed by atoms with van der Waals surface area (Å²) < 4.78 is 14.1. The molecule has 0 saturated carbocycles. The monoisotopic (exact) mass is 314 g/mol. The average Bonchev–Trinajstić information content (AvgIpc) is 2.49. The van der Waals surface area contributed by atoms with E-state index in [9.17, 15) is 14.4 Å². The molecule has 0 spiro atoms. The van der Waals surface area contributed by atoms with E-state index in [1.807, 2.05) is 0 Å². The second-order valence-corrected chi connectivity index (χ2v) is 4.60. The van der Waals surface area contributed by atoms with Gasteiger partial charge in [0.15, 0.2) is 0 Å². The van der Waals surface area contributed by atoms with Crippen LogP contribution in [0.1, 0.15) is 59.3 Å². The van der Waals surface area contributed by atoms with E-state index in [0.29, 0.717) is 6.42 Å². The molecule has 0 aromatic heterocycles. The second-order valence-electron chi connectivity index (χ2n) is 4.60. The van der Waals surface area contributed by atoms with Gasteiger partial charge in [-0.3, -0.25) is 0 Å². The van der Waals surface area contributed by atoms with Crippen LogP contribution in [-0.4, -0.2) is 31.1 Å². The first-order chi connectivity index (χ1) is 10.6. The zero-order valence-corrected chi connectivity index (χ0v) is 13.7. The predicted molar refractivity (Wildman–Crippen MR) is 80.8 cm³/mol. The molecule has 0 aliphatic carbocycles. The standard InChI is InChI=1S/C16H26O6/c1-4-7-8-9-10-11-12-13(14(17)20-5-2)22-16(19)15(18)21-6-3/h12H,4-11H2,1-3H3. The fourth-order valence-electron chi connectivity index (χ4n) is 1.68. The minimum absolute atomic E-state index is 0.0593. The van der Waals surface area contributed by atoms with Crippen LogP contribution in [0.25, 0.3) is 0 Å². The molecule has 0 radical (unpaired) electrons. The number of carbonyl (C=O) groups is 3. The number of carbonyl (C=O) groups excluding carboxylic acids is 3. The SMILES string of the molecule is CCCCCCCC=C(OC(=O)C(=O)OCC)C(=O)OCC. The number of unbranched alkanes of at least 4 members (excludes halogenated alkanes) is 5. The van der Waals surface area contributed by atoms with Gasteiger partial charge in [-0.2, -0.15) is 0 Å². The lowest BCUT2D eigenvalue weighted by Gasteiger charge is -2.07. The van der Waals surface area contributed by atoms with Crippen molar-refractivity contribution in [2.45, 2.75) is 59.3 Å². The summed E-state index contributed by atoms with van der Waals surface area (Å²) in [5.74, 6) is -3.35. The lowest BCUT2D eigenvalue weighted by atomic mass is 10.1. The van der Waals surface area contributed by atoms with Crippen molar-refractivity contribution in [2.75, 3.05) is 13.2 Å². The van der Waals surface area contributed by atoms with Crippen LogP contribution < -0.4 is 0 Å². The third-order valence-corrected chi connectivity index (χ3v) is 2.76. The molecule has 0 aromatic carbocycles. The molecule has 0 N–H and O–H groups in total. The summed E-state index contributed by atoms with van der Waals surface area (Å²) in [6, 6.07) is 0. The van der Waals surface area contributed by atoms with Gasteiger partial charge in [0, 0.05) is 0 Å². The highest BCUT2D eigenvalue weighted by Crippen LogP contribution is 2.10. The summed E-state index contributed by atoms with van der Waals surface area (Å²) in [6.45, 7) is 5.57. The van der Waals surface area contributed by atoms with Gasteiger partial charge in [0.1, 0.15) is 0 Å². The van der Waals surface area contributed by atoms with Gasteiger partial charge in [-0.25, -0.2) is 14.4 Å². The van der Waals surface area contributed by atoms with Crippen LogP contribution in [-0.2, 0) is 28.6 Å². The van der Waals surface area contributed by atoms with E-state index in [1.165, 1.54) is 12.5 Å². The van der Waals surface area contributed by atoms with Crippen molar-refractivity contribution in [3.05, 3.63) is 11.8 Å². The molecule has 6 nitrogen and oxygen atoms in total. The Morgan fingerprint density at radius 1 is 0.773 bits per heavy atom. The lowest BCUT2D eigenvalue weighted by Crippen LogP contribution is -2.23. The van der Waals surface area contributed by atoms with Gasteiger partial charge in [-0.1, -0.05) is 32.6 Å². The van der Waals surface area contributed by atoms with Gasteiger partial charge >= 0.3 is 17.9 Å². The Hall–Kier alpha value is -1.85. The Bertz CT molecular complexity index is 386. The Balaban J connectivity index is 4.52. The van der Waals surface area contributed by atoms with E-state index < -0.39 is 17.9 Å². The van der Waals surface area contributed by atoms with Crippen molar-refractivity contribution in [2.24, 2.45) is 0 Å². The molecule has 0 aromatic rings. The van der Waals surface area contributed by atoms with Crippen LogP contribution in [0.3, 0.4) is 0 Å². The maximum absolute atomic E-state index is 11.7. The van der Waals surface area contributed by atoms with E-state index in [2.05, 4.69) is 11.7 Å². The number of hydrogen-bond donors (Lipinski definition) is 0. The van der Waals surface area contributed by atoms with Gasteiger partial charge in [0.2, 0.25) is 5.76 Å². The first-order valence-corrected chi connectivity index (χ1v) is 7.82. The summed E-state index contributed by atoms with van der Waals surface area (Å²) in [5.41, 5.74) is 0. The predicted octanol–water partition coefficient (Wildman–Crippen LogP) is 2.90. The molecule has 126 valence electrons. The normalized spacial score (nSPS) is 11.0. The van der Waals surface area contributed by atoms with Crippen molar-refractivity contribution in [3.63, 3.8) is 0 Å². The quantitative estimate of drug-likeness (QED) is 0.154. The molecule has 0 rings (SSSR count). The number of allylic oxidation sites excluding steroid dienone is 1. The number of rotatable bonds is 10. The largest absolute Gasteiger partial charge is 0.460 e. The van der Waals surface area contributed by atoms with E-state index in [-0.39, 0.29) is 19.0 Å². The van der Waals surface area contributed by atoms with Gasteiger partial charge < -0.3 is 14.2 Å². The summed E-state index contributed by atoms with van der Waals surface area (Å²) in [7, 11) is 0. The second kappa shape index (κ2) is 12.9. The molecule has 6 heteroatoms. The molecular weight excluding hydrogens is 288 g/mol. The van der Waals surface area contributed by atoms with Gasteiger partial charge in [0.05, 0.1) is 13.2 Å². The molecule has 0 aliphatic heterocycles. The highest BCUT2D eigenvalue weighted by Gasteiger charge is 2.23. The number of ether oxygens (including phenoxy) is 3. The van der Waals surface area contributed by atoms with Crippen LogP contribution in [0.15, 0.2) is 11.8 Å². The highest BCUT2D eigenvalue weighted by molar-refractivity contribution is 6.30. The van der Waals surface area contributed by atoms with Crippen molar-refractivity contribution in [1.82, 2.24) is 0 Å². The van der Waals surface area contributed by atoms with E-state index in [4.69, 9.17) is 9.47 Å². The topological polar surface area (TPSA) is 78.9 Å². The van der Waals surface area contributed by atoms with Crippen LogP contribution in [0.4, 0.5) is 0 Å². The summed E-state index contributed by atoms with van der Waals surface area (Å²) in [4.78, 5) is 34.4. The highest BCUT2D eigenvalue weighted by atomic mass is 16.6. The van der Waals surface area contributed by atoms with Crippen molar-refractivity contribution in [1.29, 1.82) is 0 Å². The fraction of sp³-hybridized carbons (Fsp3) is 0.688. The Morgan fingerprint density at radius 3 is 1.95 bits per heavy atom. The van der Waals surface area contributed by atoms with Crippen LogP contribution in [0.2, 0.25) is 0 Å². The van der Waals surface area contributed by atoms with Gasteiger partial charge in [-0.15, -0.1) is 0 Å². The van der Waals surface area contributed by atoms with Crippen molar-refractivity contribution in [3.8, 4) is 0 Å². The van der Waals surface area contributed by atoms with Crippen molar-refractivity contribution < 1.29 is 28.6 Å². The Morgan fingerprint density at radius 2 is 1.36 bits per heavy atom. The molecule has 0 heterocycles. The number of esters is 3. The smallest absolute Gasteiger partial charge is 0.423 e. The lowest BCUT2D eigenvalue weighted by molar-refractivity contribution is -0.167. The van der Waals surface area contributed by atoms with E-state index in [0.717, 1.165) is 25.7 Å². The molecular formula is C16H26O6. The minimum Gasteiger partial charge on any atom is -0.460 e. The summed E-state index contributed by atoms with van der Waals surface area (Å²) in [5, 5.41) is 0. The maximum Gasteiger partial charge on any atom is 0.423 e. The summed E-state index contributed by atoms with van der Waals surface area (Å²) in [6.07, 6.45) is 7.43. The first kappa shape index (κ1) is 20.1. The molecule has 0 bridgehead atoms. The molecule has 0 unspecified atom stereocenters. The molecule has 0 amide bonds. The number of hydrogen-bond acceptors (Lipinski definition) is 6. The van der Waals surface area contributed by atoms with E-state index in [1.54, 1.807) is 13.8 Å². The van der Waals surface area contributed by atoms with Crippen LogP contribution >= 0.6 is 0 Å².